The number of nitrogens with one attached hydrogen (secondary N) is 2. The monoisotopic (exact) mass is 363 g/mol. The molecule has 7 nitrogen and oxygen atoms in total. The summed E-state index contributed by atoms with van der Waals surface area (Å²) in [6, 6.07) is 4.34. The molecule has 2 atom stereocenters. The van der Waals surface area contributed by atoms with E-state index in [1.54, 1.807) is 13.3 Å². The fourth-order valence-corrected chi connectivity index (χ4v) is 3.46. The van der Waals surface area contributed by atoms with E-state index in [4.69, 9.17) is 4.42 Å². The lowest BCUT2D eigenvalue weighted by Gasteiger charge is -2.29. The summed E-state index contributed by atoms with van der Waals surface area (Å²) >= 11 is 0. The molecule has 0 radical (unpaired) electrons. The Morgan fingerprint density at radius 2 is 2.19 bits per heavy atom. The predicted molar refractivity (Wildman–Crippen MR) is 104 cm³/mol. The van der Waals surface area contributed by atoms with Crippen molar-refractivity contribution < 1.29 is 9.21 Å². The van der Waals surface area contributed by atoms with Gasteiger partial charge in [0.1, 0.15) is 5.76 Å². The molecule has 0 aliphatic carbocycles. The normalized spacial score (nSPS) is 19.0. The van der Waals surface area contributed by atoms with E-state index < -0.39 is 0 Å². The molecule has 26 heavy (non-hydrogen) atoms. The summed E-state index contributed by atoms with van der Waals surface area (Å²) in [5.41, 5.74) is 0. The molecule has 2 N–H and O–H groups in total. The number of aliphatic imine (C=N–C) groups is 1. The Balaban J connectivity index is 1.91. The van der Waals surface area contributed by atoms with Crippen LogP contribution in [0.5, 0.6) is 0 Å². The highest BCUT2D eigenvalue weighted by molar-refractivity contribution is 5.80. The summed E-state index contributed by atoms with van der Waals surface area (Å²) in [5.74, 6) is 1.94. The van der Waals surface area contributed by atoms with Gasteiger partial charge in [-0.15, -0.1) is 0 Å². The van der Waals surface area contributed by atoms with Crippen molar-refractivity contribution in [2.24, 2.45) is 4.99 Å². The van der Waals surface area contributed by atoms with E-state index in [2.05, 4.69) is 34.4 Å². The van der Waals surface area contributed by atoms with Gasteiger partial charge in [-0.1, -0.05) is 20.8 Å². The van der Waals surface area contributed by atoms with Crippen LogP contribution in [0.3, 0.4) is 0 Å². The highest BCUT2D eigenvalue weighted by Gasteiger charge is 2.26. The van der Waals surface area contributed by atoms with Gasteiger partial charge in [-0.2, -0.15) is 0 Å². The molecule has 0 saturated carbocycles. The van der Waals surface area contributed by atoms with Crippen LogP contribution < -0.4 is 10.6 Å². The minimum absolute atomic E-state index is 0.153. The Kier molecular flexibility index (Phi) is 7.97. The molecule has 1 fully saturated rings. The van der Waals surface area contributed by atoms with E-state index in [9.17, 15) is 4.79 Å². The van der Waals surface area contributed by atoms with Crippen LogP contribution in [0, 0.1) is 0 Å². The summed E-state index contributed by atoms with van der Waals surface area (Å²) in [6.07, 6.45) is 3.23. The molecule has 7 heteroatoms. The van der Waals surface area contributed by atoms with Gasteiger partial charge in [-0.3, -0.25) is 14.7 Å². The van der Waals surface area contributed by atoms with Crippen LogP contribution in [0.1, 0.15) is 45.4 Å². The van der Waals surface area contributed by atoms with Crippen LogP contribution in [0.15, 0.2) is 27.8 Å². The van der Waals surface area contributed by atoms with Gasteiger partial charge in [0.15, 0.2) is 5.96 Å². The zero-order chi connectivity index (χ0) is 18.9. The second kappa shape index (κ2) is 10.2. The van der Waals surface area contributed by atoms with Gasteiger partial charge in [0.2, 0.25) is 5.91 Å². The maximum absolute atomic E-state index is 11.8. The van der Waals surface area contributed by atoms with E-state index in [1.165, 1.54) is 0 Å². The SMILES string of the molecule is CCC(=O)N1CCC(NC(=NC)NCC(c2ccco2)N(CC)CC)C1. The first-order chi connectivity index (χ1) is 12.6. The zero-order valence-corrected chi connectivity index (χ0v) is 16.5. The molecule has 0 bridgehead atoms. The van der Waals surface area contributed by atoms with Crippen molar-refractivity contribution >= 4 is 11.9 Å². The Bertz CT molecular complexity index is 568. The van der Waals surface area contributed by atoms with Crippen LogP contribution in [0.4, 0.5) is 0 Å². The first-order valence-corrected chi connectivity index (χ1v) is 9.65. The van der Waals surface area contributed by atoms with Crippen molar-refractivity contribution in [1.82, 2.24) is 20.4 Å². The number of hydrogen-bond acceptors (Lipinski definition) is 4. The van der Waals surface area contributed by atoms with Crippen molar-refractivity contribution in [3.05, 3.63) is 24.2 Å². The molecule has 2 heterocycles. The van der Waals surface area contributed by atoms with Crippen molar-refractivity contribution in [2.45, 2.75) is 45.7 Å². The topological polar surface area (TPSA) is 73.1 Å². The molecule has 1 saturated heterocycles. The summed E-state index contributed by atoms with van der Waals surface area (Å²) in [5, 5.41) is 6.87. The summed E-state index contributed by atoms with van der Waals surface area (Å²) < 4.78 is 5.65. The van der Waals surface area contributed by atoms with E-state index >= 15 is 0 Å². The van der Waals surface area contributed by atoms with Crippen molar-refractivity contribution in [2.75, 3.05) is 39.8 Å². The number of hydrogen-bond donors (Lipinski definition) is 2. The third-order valence-electron chi connectivity index (χ3n) is 5.00. The second-order valence-corrected chi connectivity index (χ2v) is 6.53. The largest absolute Gasteiger partial charge is 0.468 e. The third-order valence-corrected chi connectivity index (χ3v) is 5.00. The number of furan rings is 1. The molecule has 1 aromatic rings. The van der Waals surface area contributed by atoms with Gasteiger partial charge in [0, 0.05) is 39.1 Å². The smallest absolute Gasteiger partial charge is 0.222 e. The number of carbonyl (C=O) groups excluding carboxylic acids is 1. The van der Waals surface area contributed by atoms with Gasteiger partial charge in [-0.25, -0.2) is 0 Å². The fraction of sp³-hybridized carbons (Fsp3) is 0.684. The minimum atomic E-state index is 0.153. The Labute approximate surface area is 156 Å². The first-order valence-electron chi connectivity index (χ1n) is 9.65. The number of rotatable bonds is 8. The molecule has 1 aliphatic rings. The Morgan fingerprint density at radius 1 is 1.42 bits per heavy atom. The maximum Gasteiger partial charge on any atom is 0.222 e. The van der Waals surface area contributed by atoms with E-state index in [-0.39, 0.29) is 18.0 Å². The van der Waals surface area contributed by atoms with Crippen LogP contribution in [0.2, 0.25) is 0 Å². The number of carbonyl (C=O) groups is 1. The molecule has 0 aromatic carbocycles. The first kappa shape index (κ1) is 20.3. The Hall–Kier alpha value is -2.02. The average molecular weight is 364 g/mol. The predicted octanol–water partition coefficient (Wildman–Crippen LogP) is 1.84. The standard InChI is InChI=1S/C19H33N5O2/c1-5-18(25)24-11-10-15(14-24)22-19(20-4)21-13-16(23(6-2)7-3)17-9-8-12-26-17/h8-9,12,15-16H,5-7,10-11,13-14H2,1-4H3,(H2,20,21,22). The van der Waals surface area contributed by atoms with Crippen molar-refractivity contribution in [1.29, 1.82) is 0 Å². The number of nitrogens with zero attached hydrogens (tertiary/aromatic N) is 3. The van der Waals surface area contributed by atoms with Crippen LogP contribution in [-0.2, 0) is 4.79 Å². The molecule has 2 rings (SSSR count). The molecule has 1 aliphatic heterocycles. The fourth-order valence-electron chi connectivity index (χ4n) is 3.46. The zero-order valence-electron chi connectivity index (χ0n) is 16.5. The van der Waals surface area contributed by atoms with E-state index in [0.29, 0.717) is 13.0 Å². The quantitative estimate of drug-likeness (QED) is 0.545. The third kappa shape index (κ3) is 5.24. The van der Waals surface area contributed by atoms with Crippen LogP contribution in [-0.4, -0.2) is 67.5 Å². The highest BCUT2D eigenvalue weighted by Crippen LogP contribution is 2.20. The van der Waals surface area contributed by atoms with Crippen molar-refractivity contribution in [3.63, 3.8) is 0 Å². The highest BCUT2D eigenvalue weighted by atomic mass is 16.3. The van der Waals surface area contributed by atoms with Crippen LogP contribution in [0.25, 0.3) is 0 Å². The molecule has 2 unspecified atom stereocenters. The number of likely N-dealkylation sites (N-methyl/N-ethyl adjacent to an activating group) is 1. The minimum Gasteiger partial charge on any atom is -0.468 e. The average Bonchev–Trinajstić information content (AvgIpc) is 3.35. The van der Waals surface area contributed by atoms with E-state index in [1.807, 2.05) is 24.0 Å². The number of guanidine groups is 1. The van der Waals surface area contributed by atoms with Gasteiger partial charge in [0.05, 0.1) is 12.3 Å². The summed E-state index contributed by atoms with van der Waals surface area (Å²) in [4.78, 5) is 20.5. The van der Waals surface area contributed by atoms with E-state index in [0.717, 1.165) is 44.3 Å². The molecule has 1 amide bonds. The number of amides is 1. The van der Waals surface area contributed by atoms with Gasteiger partial charge in [-0.05, 0) is 31.6 Å². The second-order valence-electron chi connectivity index (χ2n) is 6.53. The maximum atomic E-state index is 11.8. The van der Waals surface area contributed by atoms with Crippen molar-refractivity contribution in [3.8, 4) is 0 Å². The lowest BCUT2D eigenvalue weighted by Crippen LogP contribution is -2.47. The molecular formula is C19H33N5O2. The molecule has 1 aromatic heterocycles. The van der Waals surface area contributed by atoms with Gasteiger partial charge >= 0.3 is 0 Å². The lowest BCUT2D eigenvalue weighted by atomic mass is 10.2. The molecule has 146 valence electrons. The molecule has 0 spiro atoms. The Morgan fingerprint density at radius 3 is 2.77 bits per heavy atom. The van der Waals surface area contributed by atoms with Gasteiger partial charge < -0.3 is 20.0 Å². The lowest BCUT2D eigenvalue weighted by molar-refractivity contribution is -0.129. The van der Waals surface area contributed by atoms with Gasteiger partial charge in [0.25, 0.3) is 0 Å². The summed E-state index contributed by atoms with van der Waals surface area (Å²) in [6.45, 7) is 10.4. The number of likely N-dealkylation sites (tertiary alicyclic amines) is 1. The molecular weight excluding hydrogens is 330 g/mol. The summed E-state index contributed by atoms with van der Waals surface area (Å²) in [7, 11) is 1.78. The van der Waals surface area contributed by atoms with Crippen LogP contribution >= 0.6 is 0 Å².